The molecule has 0 aromatic heterocycles. The van der Waals surface area contributed by atoms with Crippen LogP contribution in [-0.4, -0.2) is 18.8 Å². The highest BCUT2D eigenvalue weighted by Crippen LogP contribution is 2.26. The first-order valence-electron chi connectivity index (χ1n) is 4.12. The summed E-state index contributed by atoms with van der Waals surface area (Å²) in [6, 6.07) is 7.18. The molecule has 3 nitrogen and oxygen atoms in total. The zero-order chi connectivity index (χ0) is 9.68. The third kappa shape index (κ3) is 2.99. The number of para-hydroxylation sites is 2. The van der Waals surface area contributed by atoms with Crippen LogP contribution in [-0.2, 0) is 0 Å². The van der Waals surface area contributed by atoms with E-state index >= 15 is 0 Å². The molecule has 0 heterocycles. The summed E-state index contributed by atoms with van der Waals surface area (Å²) in [6.07, 6.45) is 0.0865. The number of hydrogen-bond acceptors (Lipinski definition) is 3. The van der Waals surface area contributed by atoms with Gasteiger partial charge in [-0.25, -0.2) is 0 Å². The molecule has 13 heavy (non-hydrogen) atoms. The lowest BCUT2D eigenvalue weighted by Gasteiger charge is -2.13. The first-order valence-corrected chi connectivity index (χ1v) is 4.12. The van der Waals surface area contributed by atoms with Gasteiger partial charge in [-0.1, -0.05) is 12.1 Å². The molecule has 0 amide bonds. The molecule has 0 aliphatic rings. The molecule has 1 aromatic rings. The minimum absolute atomic E-state index is 0.0865. The van der Waals surface area contributed by atoms with E-state index in [0.717, 1.165) is 0 Å². The molecular formula is C9H12BO3. The zero-order valence-electron chi connectivity index (χ0n) is 7.73. The van der Waals surface area contributed by atoms with Gasteiger partial charge >= 0.3 is 7.69 Å². The van der Waals surface area contributed by atoms with Crippen LogP contribution in [0.3, 0.4) is 0 Å². The van der Waals surface area contributed by atoms with Crippen LogP contribution < -0.4 is 9.39 Å². The van der Waals surface area contributed by atoms with Gasteiger partial charge in [0, 0.05) is 0 Å². The van der Waals surface area contributed by atoms with Gasteiger partial charge < -0.3 is 14.4 Å². The normalized spacial score (nSPS) is 9.85. The van der Waals surface area contributed by atoms with E-state index in [1.165, 1.54) is 0 Å². The average Bonchev–Trinajstić information content (AvgIpc) is 2.08. The van der Waals surface area contributed by atoms with Gasteiger partial charge in [0.05, 0.1) is 6.10 Å². The molecule has 1 radical (unpaired) electrons. The maximum atomic E-state index is 8.48. The van der Waals surface area contributed by atoms with Gasteiger partial charge in [0.1, 0.15) is 5.75 Å². The largest absolute Gasteiger partial charge is 0.569 e. The van der Waals surface area contributed by atoms with Crippen LogP contribution >= 0.6 is 0 Å². The predicted octanol–water partition coefficient (Wildman–Crippen LogP) is 1.38. The molecule has 0 atom stereocenters. The maximum absolute atomic E-state index is 8.48. The highest BCUT2D eigenvalue weighted by molar-refractivity contribution is 6.17. The number of rotatable bonds is 4. The van der Waals surface area contributed by atoms with Crippen LogP contribution in [0.5, 0.6) is 11.5 Å². The molecule has 0 spiro atoms. The van der Waals surface area contributed by atoms with Crippen LogP contribution in [0.1, 0.15) is 13.8 Å². The Hall–Kier alpha value is -1.16. The predicted molar refractivity (Wildman–Crippen MR) is 50.8 cm³/mol. The number of hydrogen-bond donors (Lipinski definition) is 1. The minimum Gasteiger partial charge on any atom is -0.535 e. The lowest BCUT2D eigenvalue weighted by molar-refractivity contribution is 0.235. The zero-order valence-corrected chi connectivity index (χ0v) is 7.73. The SMILES string of the molecule is CC(C)Oc1ccccc1O[B]O. The van der Waals surface area contributed by atoms with Crippen LogP contribution in [0.15, 0.2) is 24.3 Å². The van der Waals surface area contributed by atoms with E-state index in [0.29, 0.717) is 19.2 Å². The van der Waals surface area contributed by atoms with Gasteiger partial charge in [0.2, 0.25) is 0 Å². The van der Waals surface area contributed by atoms with Crippen molar-refractivity contribution >= 4 is 7.69 Å². The second-order valence-electron chi connectivity index (χ2n) is 2.84. The maximum Gasteiger partial charge on any atom is 0.569 e. The summed E-state index contributed by atoms with van der Waals surface area (Å²) in [7, 11) is 0.641. The summed E-state index contributed by atoms with van der Waals surface area (Å²) in [5, 5.41) is 8.48. The minimum atomic E-state index is 0.0865. The van der Waals surface area contributed by atoms with Gasteiger partial charge in [-0.3, -0.25) is 0 Å². The van der Waals surface area contributed by atoms with Gasteiger partial charge in [0.15, 0.2) is 5.75 Å². The van der Waals surface area contributed by atoms with Crippen LogP contribution in [0, 0.1) is 0 Å². The molecule has 0 bridgehead atoms. The van der Waals surface area contributed by atoms with Crippen LogP contribution in [0.2, 0.25) is 0 Å². The number of benzene rings is 1. The van der Waals surface area contributed by atoms with Crippen molar-refractivity contribution < 1.29 is 14.4 Å². The summed E-state index contributed by atoms with van der Waals surface area (Å²) in [5.41, 5.74) is 0. The Bertz CT molecular complexity index is 263. The Kier molecular flexibility index (Phi) is 3.64. The Morgan fingerprint density at radius 3 is 2.38 bits per heavy atom. The molecule has 69 valence electrons. The monoisotopic (exact) mass is 179 g/mol. The van der Waals surface area contributed by atoms with E-state index in [9.17, 15) is 0 Å². The van der Waals surface area contributed by atoms with Crippen molar-refractivity contribution in [1.29, 1.82) is 0 Å². The Morgan fingerprint density at radius 1 is 1.23 bits per heavy atom. The fourth-order valence-electron chi connectivity index (χ4n) is 0.956. The number of ether oxygens (including phenoxy) is 1. The van der Waals surface area contributed by atoms with E-state index < -0.39 is 0 Å². The van der Waals surface area contributed by atoms with Crippen molar-refractivity contribution in [3.63, 3.8) is 0 Å². The summed E-state index contributed by atoms with van der Waals surface area (Å²) in [6.45, 7) is 3.86. The Balaban J connectivity index is 2.78. The summed E-state index contributed by atoms with van der Waals surface area (Å²) in [4.78, 5) is 0. The Morgan fingerprint density at radius 2 is 1.85 bits per heavy atom. The van der Waals surface area contributed by atoms with Crippen molar-refractivity contribution in [2.24, 2.45) is 0 Å². The van der Waals surface area contributed by atoms with Crippen molar-refractivity contribution in [2.75, 3.05) is 0 Å². The smallest absolute Gasteiger partial charge is 0.535 e. The van der Waals surface area contributed by atoms with Crippen molar-refractivity contribution in [1.82, 2.24) is 0 Å². The van der Waals surface area contributed by atoms with Crippen molar-refractivity contribution in [3.05, 3.63) is 24.3 Å². The van der Waals surface area contributed by atoms with Crippen LogP contribution in [0.4, 0.5) is 0 Å². The van der Waals surface area contributed by atoms with E-state index in [1.54, 1.807) is 12.1 Å². The molecule has 0 fully saturated rings. The lowest BCUT2D eigenvalue weighted by Crippen LogP contribution is -2.08. The molecular weight excluding hydrogens is 167 g/mol. The summed E-state index contributed by atoms with van der Waals surface area (Å²) >= 11 is 0. The second kappa shape index (κ2) is 4.77. The highest BCUT2D eigenvalue weighted by atomic mass is 16.5. The highest BCUT2D eigenvalue weighted by Gasteiger charge is 2.05. The molecule has 0 aliphatic heterocycles. The standard InChI is InChI=1S/C9H12BO3/c1-7(2)12-8-5-3-4-6-9(8)13-10-11/h3-7,11H,1-2H3. The lowest BCUT2D eigenvalue weighted by atomic mass is 10.3. The van der Waals surface area contributed by atoms with Crippen LogP contribution in [0.25, 0.3) is 0 Å². The molecule has 0 saturated carbocycles. The molecule has 1 aromatic carbocycles. The van der Waals surface area contributed by atoms with E-state index in [4.69, 9.17) is 14.4 Å². The Labute approximate surface area is 78.6 Å². The van der Waals surface area contributed by atoms with Crippen molar-refractivity contribution in [2.45, 2.75) is 20.0 Å². The fraction of sp³-hybridized carbons (Fsp3) is 0.333. The van der Waals surface area contributed by atoms with E-state index in [-0.39, 0.29) is 6.10 Å². The molecule has 0 aliphatic carbocycles. The van der Waals surface area contributed by atoms with Gasteiger partial charge in [-0.15, -0.1) is 0 Å². The van der Waals surface area contributed by atoms with Gasteiger partial charge in [-0.2, -0.15) is 0 Å². The summed E-state index contributed by atoms with van der Waals surface area (Å²) in [5.74, 6) is 1.14. The molecule has 0 unspecified atom stereocenters. The molecule has 4 heteroatoms. The van der Waals surface area contributed by atoms with E-state index in [2.05, 4.69) is 0 Å². The fourth-order valence-corrected chi connectivity index (χ4v) is 0.956. The van der Waals surface area contributed by atoms with Crippen molar-refractivity contribution in [3.8, 4) is 11.5 Å². The first kappa shape index (κ1) is 9.93. The van der Waals surface area contributed by atoms with Gasteiger partial charge in [-0.05, 0) is 26.0 Å². The molecule has 0 saturated heterocycles. The quantitative estimate of drug-likeness (QED) is 0.709. The summed E-state index contributed by atoms with van der Waals surface area (Å²) < 4.78 is 10.3. The topological polar surface area (TPSA) is 38.7 Å². The molecule has 1 N–H and O–H groups in total. The first-order chi connectivity index (χ1) is 6.24. The second-order valence-corrected chi connectivity index (χ2v) is 2.84. The average molecular weight is 179 g/mol. The third-order valence-electron chi connectivity index (χ3n) is 1.39. The molecule has 1 rings (SSSR count). The van der Waals surface area contributed by atoms with Gasteiger partial charge in [0.25, 0.3) is 0 Å². The third-order valence-corrected chi connectivity index (χ3v) is 1.39. The van der Waals surface area contributed by atoms with E-state index in [1.807, 2.05) is 26.0 Å².